The molecule has 2 aromatic carbocycles. The van der Waals surface area contributed by atoms with Gasteiger partial charge in [-0.1, -0.05) is 60.1 Å². The molecule has 0 saturated carbocycles. The standard InChI is InChI=1S/C20H14Si/c1-3-7-19-15(5-1)9-11-17(19)13-21-14-18-12-10-16-6-2-4-8-20(16)18/h1-8,17-18H,13-14H2. The van der Waals surface area contributed by atoms with Gasteiger partial charge >= 0.3 is 0 Å². The Morgan fingerprint density at radius 1 is 0.714 bits per heavy atom. The van der Waals surface area contributed by atoms with Crippen molar-refractivity contribution in [3.8, 4) is 23.7 Å². The quantitative estimate of drug-likeness (QED) is 0.590. The summed E-state index contributed by atoms with van der Waals surface area (Å²) in [5.41, 5.74) is 5.22. The summed E-state index contributed by atoms with van der Waals surface area (Å²) >= 11 is 0. The van der Waals surface area contributed by atoms with Crippen LogP contribution in [-0.4, -0.2) is 9.52 Å². The molecular weight excluding hydrogens is 268 g/mol. The Hall–Kier alpha value is -2.22. The predicted octanol–water partition coefficient (Wildman–Crippen LogP) is 3.83. The number of hydrogen-bond acceptors (Lipinski definition) is 0. The van der Waals surface area contributed by atoms with E-state index in [1.165, 1.54) is 34.3 Å². The van der Waals surface area contributed by atoms with E-state index in [0.29, 0.717) is 11.8 Å². The first-order valence-electron chi connectivity index (χ1n) is 7.33. The molecular formula is C20H14Si. The molecule has 2 aliphatic carbocycles. The highest BCUT2D eigenvalue weighted by Crippen LogP contribution is 2.31. The molecule has 0 heterocycles. The lowest BCUT2D eigenvalue weighted by atomic mass is 10.0. The lowest BCUT2D eigenvalue weighted by Crippen LogP contribution is -2.04. The summed E-state index contributed by atoms with van der Waals surface area (Å²) in [6.45, 7) is 0. The average molecular weight is 282 g/mol. The molecule has 2 aromatic rings. The topological polar surface area (TPSA) is 0 Å². The Morgan fingerprint density at radius 2 is 1.19 bits per heavy atom. The first-order valence-corrected chi connectivity index (χ1v) is 8.75. The van der Waals surface area contributed by atoms with Crippen LogP contribution < -0.4 is 0 Å². The van der Waals surface area contributed by atoms with Crippen LogP contribution >= 0.6 is 0 Å². The molecule has 2 unspecified atom stereocenters. The molecule has 0 amide bonds. The van der Waals surface area contributed by atoms with Gasteiger partial charge in [0.2, 0.25) is 0 Å². The highest BCUT2D eigenvalue weighted by atomic mass is 28.2. The highest BCUT2D eigenvalue weighted by Gasteiger charge is 2.20. The van der Waals surface area contributed by atoms with Crippen molar-refractivity contribution < 1.29 is 0 Å². The Balaban J connectivity index is 1.39. The van der Waals surface area contributed by atoms with E-state index in [1.807, 2.05) is 0 Å². The smallest absolute Gasteiger partial charge is 0.0441 e. The van der Waals surface area contributed by atoms with Gasteiger partial charge in [0, 0.05) is 32.5 Å². The van der Waals surface area contributed by atoms with Crippen LogP contribution in [0.4, 0.5) is 0 Å². The molecule has 0 aromatic heterocycles. The number of fused-ring (bicyclic) bond motifs is 2. The van der Waals surface area contributed by atoms with E-state index in [0.717, 1.165) is 9.52 Å². The number of hydrogen-bond donors (Lipinski definition) is 0. The molecule has 0 aliphatic heterocycles. The van der Waals surface area contributed by atoms with Gasteiger partial charge < -0.3 is 0 Å². The molecule has 2 aliphatic rings. The van der Waals surface area contributed by atoms with Crippen LogP contribution in [0.1, 0.15) is 34.1 Å². The summed E-state index contributed by atoms with van der Waals surface area (Å²) in [5.74, 6) is 14.2. The van der Waals surface area contributed by atoms with E-state index in [9.17, 15) is 0 Å². The minimum Gasteiger partial charge on any atom is -0.0899 e. The summed E-state index contributed by atoms with van der Waals surface area (Å²) in [7, 11) is 0.919. The molecule has 98 valence electrons. The van der Waals surface area contributed by atoms with Crippen LogP contribution in [0.15, 0.2) is 48.5 Å². The second-order valence-corrected chi connectivity index (χ2v) is 6.79. The number of benzene rings is 2. The van der Waals surface area contributed by atoms with Gasteiger partial charge in [-0.25, -0.2) is 0 Å². The second kappa shape index (κ2) is 5.28. The van der Waals surface area contributed by atoms with Crippen molar-refractivity contribution in [3.63, 3.8) is 0 Å². The predicted molar refractivity (Wildman–Crippen MR) is 87.5 cm³/mol. The molecule has 0 fully saturated rings. The maximum Gasteiger partial charge on any atom is 0.0441 e. The van der Waals surface area contributed by atoms with Crippen molar-refractivity contribution >= 4 is 9.52 Å². The molecule has 2 radical (unpaired) electrons. The monoisotopic (exact) mass is 282 g/mol. The van der Waals surface area contributed by atoms with Crippen LogP contribution in [0.25, 0.3) is 0 Å². The Morgan fingerprint density at radius 3 is 1.71 bits per heavy atom. The second-order valence-electron chi connectivity index (χ2n) is 5.48. The van der Waals surface area contributed by atoms with Gasteiger partial charge in [-0.05, 0) is 35.3 Å². The maximum atomic E-state index is 3.39. The summed E-state index contributed by atoms with van der Waals surface area (Å²) in [4.78, 5) is 0. The molecule has 0 bridgehead atoms. The van der Waals surface area contributed by atoms with E-state index in [2.05, 4.69) is 72.2 Å². The fourth-order valence-corrected chi connectivity index (χ4v) is 4.40. The zero-order valence-corrected chi connectivity index (χ0v) is 12.7. The summed E-state index contributed by atoms with van der Waals surface area (Å²) in [6.07, 6.45) is 0. The largest absolute Gasteiger partial charge is 0.0899 e. The molecule has 0 spiro atoms. The van der Waals surface area contributed by atoms with Gasteiger partial charge in [0.05, 0.1) is 0 Å². The van der Waals surface area contributed by atoms with Gasteiger partial charge in [-0.2, -0.15) is 0 Å². The van der Waals surface area contributed by atoms with Crippen LogP contribution in [0, 0.1) is 23.7 Å². The lowest BCUT2D eigenvalue weighted by Gasteiger charge is -2.11. The Kier molecular flexibility index (Phi) is 3.15. The maximum absolute atomic E-state index is 3.39. The van der Waals surface area contributed by atoms with Crippen molar-refractivity contribution in [1.82, 2.24) is 0 Å². The molecule has 0 N–H and O–H groups in total. The zero-order valence-electron chi connectivity index (χ0n) is 11.7. The van der Waals surface area contributed by atoms with Crippen molar-refractivity contribution in [2.75, 3.05) is 0 Å². The van der Waals surface area contributed by atoms with Gasteiger partial charge in [0.25, 0.3) is 0 Å². The average Bonchev–Trinajstić information content (AvgIpc) is 3.13. The molecule has 1 heteroatoms. The van der Waals surface area contributed by atoms with Crippen molar-refractivity contribution in [1.29, 1.82) is 0 Å². The molecule has 21 heavy (non-hydrogen) atoms. The van der Waals surface area contributed by atoms with E-state index in [1.54, 1.807) is 0 Å². The first-order chi connectivity index (χ1) is 10.4. The van der Waals surface area contributed by atoms with Crippen molar-refractivity contribution in [2.45, 2.75) is 23.9 Å². The van der Waals surface area contributed by atoms with Gasteiger partial charge in [0.15, 0.2) is 0 Å². The highest BCUT2D eigenvalue weighted by molar-refractivity contribution is 6.36. The molecule has 0 nitrogen and oxygen atoms in total. The third-order valence-corrected chi connectivity index (χ3v) is 5.53. The fourth-order valence-electron chi connectivity index (χ4n) is 3.01. The van der Waals surface area contributed by atoms with Crippen LogP contribution in [0.2, 0.25) is 12.1 Å². The molecule has 2 atom stereocenters. The van der Waals surface area contributed by atoms with Gasteiger partial charge in [0.1, 0.15) is 0 Å². The Labute approximate surface area is 128 Å². The van der Waals surface area contributed by atoms with Crippen LogP contribution in [0.3, 0.4) is 0 Å². The lowest BCUT2D eigenvalue weighted by molar-refractivity contribution is 0.960. The van der Waals surface area contributed by atoms with E-state index in [4.69, 9.17) is 0 Å². The van der Waals surface area contributed by atoms with Crippen molar-refractivity contribution in [3.05, 3.63) is 70.8 Å². The fraction of sp³-hybridized carbons (Fsp3) is 0.200. The van der Waals surface area contributed by atoms with E-state index < -0.39 is 0 Å². The van der Waals surface area contributed by atoms with Crippen molar-refractivity contribution in [2.24, 2.45) is 0 Å². The normalized spacial score (nSPS) is 20.0. The zero-order chi connectivity index (χ0) is 14.1. The molecule has 0 saturated heterocycles. The Bertz CT molecular complexity index is 741. The summed E-state index contributed by atoms with van der Waals surface area (Å²) in [5, 5.41) is 0. The van der Waals surface area contributed by atoms with Gasteiger partial charge in [-0.3, -0.25) is 0 Å². The van der Waals surface area contributed by atoms with Crippen LogP contribution in [-0.2, 0) is 0 Å². The van der Waals surface area contributed by atoms with Crippen LogP contribution in [0.5, 0.6) is 0 Å². The minimum atomic E-state index is 0.434. The van der Waals surface area contributed by atoms with E-state index in [-0.39, 0.29) is 0 Å². The first kappa shape index (κ1) is 12.5. The third-order valence-electron chi connectivity index (χ3n) is 4.13. The number of rotatable bonds is 4. The third kappa shape index (κ3) is 2.31. The summed E-state index contributed by atoms with van der Waals surface area (Å²) in [6, 6.07) is 19.4. The minimum absolute atomic E-state index is 0.434. The van der Waals surface area contributed by atoms with E-state index >= 15 is 0 Å². The molecule has 4 rings (SSSR count). The van der Waals surface area contributed by atoms with Gasteiger partial charge in [-0.15, -0.1) is 0 Å². The SMILES string of the molecule is C1#CC(C[Si]CC2C#Cc3ccccc32)c2ccccc21. The summed E-state index contributed by atoms with van der Waals surface area (Å²) < 4.78 is 0.